The van der Waals surface area contributed by atoms with Gasteiger partial charge >= 0.3 is 0 Å². The molecule has 1 atom stereocenters. The summed E-state index contributed by atoms with van der Waals surface area (Å²) in [4.78, 5) is 19.6. The summed E-state index contributed by atoms with van der Waals surface area (Å²) >= 11 is 0. The van der Waals surface area contributed by atoms with Crippen molar-refractivity contribution < 1.29 is 4.79 Å². The number of aromatic nitrogens is 4. The maximum Gasteiger partial charge on any atom is 0.251 e. The monoisotopic (exact) mass is 217 g/mol. The van der Waals surface area contributed by atoms with Crippen molar-refractivity contribution in [3.63, 3.8) is 0 Å². The molecule has 0 bridgehead atoms. The van der Waals surface area contributed by atoms with E-state index in [4.69, 9.17) is 0 Å². The van der Waals surface area contributed by atoms with Gasteiger partial charge in [-0.3, -0.25) is 14.9 Å². The summed E-state index contributed by atoms with van der Waals surface area (Å²) in [5, 5.41) is 9.23. The second kappa shape index (κ2) is 4.52. The summed E-state index contributed by atoms with van der Waals surface area (Å²) in [6.07, 6.45) is 4.56. The molecule has 0 radical (unpaired) electrons. The third-order valence-electron chi connectivity index (χ3n) is 2.13. The molecule has 6 heteroatoms. The number of hydrogen-bond donors (Lipinski definition) is 2. The van der Waals surface area contributed by atoms with Crippen molar-refractivity contribution in [2.75, 3.05) is 0 Å². The SMILES string of the molecule is C[C@H](NC(=O)c1ccncc1)c1ncn[nH]1. The molecule has 0 unspecified atom stereocenters. The fourth-order valence-corrected chi connectivity index (χ4v) is 1.28. The minimum Gasteiger partial charge on any atom is -0.342 e. The van der Waals surface area contributed by atoms with Gasteiger partial charge in [-0.15, -0.1) is 0 Å². The van der Waals surface area contributed by atoms with Crippen LogP contribution in [0.5, 0.6) is 0 Å². The van der Waals surface area contributed by atoms with Crippen LogP contribution in [0.25, 0.3) is 0 Å². The van der Waals surface area contributed by atoms with Crippen molar-refractivity contribution in [3.05, 3.63) is 42.2 Å². The number of hydrogen-bond acceptors (Lipinski definition) is 4. The fourth-order valence-electron chi connectivity index (χ4n) is 1.28. The van der Waals surface area contributed by atoms with E-state index >= 15 is 0 Å². The number of aromatic amines is 1. The lowest BCUT2D eigenvalue weighted by Gasteiger charge is -2.10. The smallest absolute Gasteiger partial charge is 0.251 e. The van der Waals surface area contributed by atoms with Gasteiger partial charge < -0.3 is 5.32 Å². The first-order valence-electron chi connectivity index (χ1n) is 4.83. The van der Waals surface area contributed by atoms with E-state index < -0.39 is 0 Å². The molecule has 0 aliphatic carbocycles. The van der Waals surface area contributed by atoms with Crippen LogP contribution in [0.1, 0.15) is 29.1 Å². The van der Waals surface area contributed by atoms with Crippen molar-refractivity contribution in [2.24, 2.45) is 0 Å². The third-order valence-corrected chi connectivity index (χ3v) is 2.13. The number of nitrogens with one attached hydrogen (secondary N) is 2. The van der Waals surface area contributed by atoms with Gasteiger partial charge in [-0.05, 0) is 19.1 Å². The zero-order valence-corrected chi connectivity index (χ0v) is 8.71. The molecule has 0 aliphatic rings. The van der Waals surface area contributed by atoms with Gasteiger partial charge in [0.25, 0.3) is 5.91 Å². The molecule has 0 aromatic carbocycles. The van der Waals surface area contributed by atoms with E-state index in [1.165, 1.54) is 6.33 Å². The van der Waals surface area contributed by atoms with E-state index in [9.17, 15) is 4.79 Å². The molecular formula is C10H11N5O. The van der Waals surface area contributed by atoms with Crippen LogP contribution >= 0.6 is 0 Å². The molecule has 0 saturated carbocycles. The Bertz CT molecular complexity index is 453. The minimum atomic E-state index is -0.205. The van der Waals surface area contributed by atoms with Crippen LogP contribution in [0.15, 0.2) is 30.9 Å². The minimum absolute atomic E-state index is 0.161. The van der Waals surface area contributed by atoms with Crippen LogP contribution in [-0.4, -0.2) is 26.1 Å². The van der Waals surface area contributed by atoms with Crippen molar-refractivity contribution in [3.8, 4) is 0 Å². The largest absolute Gasteiger partial charge is 0.342 e. The van der Waals surface area contributed by atoms with Crippen molar-refractivity contribution in [1.82, 2.24) is 25.5 Å². The summed E-state index contributed by atoms with van der Waals surface area (Å²) in [5.41, 5.74) is 0.571. The quantitative estimate of drug-likeness (QED) is 0.792. The number of carbonyl (C=O) groups is 1. The summed E-state index contributed by atoms with van der Waals surface area (Å²) in [7, 11) is 0. The Morgan fingerprint density at radius 2 is 2.19 bits per heavy atom. The number of rotatable bonds is 3. The highest BCUT2D eigenvalue weighted by Gasteiger charge is 2.12. The predicted octanol–water partition coefficient (Wildman–Crippen LogP) is 0.691. The van der Waals surface area contributed by atoms with E-state index in [-0.39, 0.29) is 11.9 Å². The Morgan fingerprint density at radius 1 is 1.44 bits per heavy atom. The van der Waals surface area contributed by atoms with Gasteiger partial charge in [0.15, 0.2) is 0 Å². The van der Waals surface area contributed by atoms with E-state index in [1.807, 2.05) is 6.92 Å². The van der Waals surface area contributed by atoms with Crippen LogP contribution in [0.2, 0.25) is 0 Å². The van der Waals surface area contributed by atoms with Crippen LogP contribution in [0, 0.1) is 0 Å². The standard InChI is InChI=1S/C10H11N5O/c1-7(9-12-6-13-15-9)14-10(16)8-2-4-11-5-3-8/h2-7H,1H3,(H,14,16)(H,12,13,15)/t7-/m0/s1. The third kappa shape index (κ3) is 2.22. The van der Waals surface area contributed by atoms with Crippen LogP contribution < -0.4 is 5.32 Å². The molecule has 1 amide bonds. The highest BCUT2D eigenvalue weighted by atomic mass is 16.1. The summed E-state index contributed by atoms with van der Waals surface area (Å²) in [6, 6.07) is 3.10. The fraction of sp³-hybridized carbons (Fsp3) is 0.200. The van der Waals surface area contributed by atoms with Gasteiger partial charge in [0.2, 0.25) is 0 Å². The normalized spacial score (nSPS) is 12.1. The number of pyridine rings is 1. The molecule has 2 aromatic heterocycles. The molecule has 6 nitrogen and oxygen atoms in total. The lowest BCUT2D eigenvalue weighted by molar-refractivity contribution is 0.0938. The first-order chi connectivity index (χ1) is 7.77. The maximum absolute atomic E-state index is 11.7. The van der Waals surface area contributed by atoms with Gasteiger partial charge in [-0.1, -0.05) is 0 Å². The van der Waals surface area contributed by atoms with Crippen LogP contribution in [0.4, 0.5) is 0 Å². The number of carbonyl (C=O) groups excluding carboxylic acids is 1. The molecule has 0 aliphatic heterocycles. The van der Waals surface area contributed by atoms with Crippen molar-refractivity contribution in [1.29, 1.82) is 0 Å². The van der Waals surface area contributed by atoms with Gasteiger partial charge in [0.05, 0.1) is 6.04 Å². The molecule has 2 rings (SSSR count). The molecule has 0 saturated heterocycles. The Kier molecular flexibility index (Phi) is 2.90. The number of amides is 1. The summed E-state index contributed by atoms with van der Waals surface area (Å²) in [6.45, 7) is 1.83. The van der Waals surface area contributed by atoms with E-state index in [1.54, 1.807) is 24.5 Å². The molecular weight excluding hydrogens is 206 g/mol. The summed E-state index contributed by atoms with van der Waals surface area (Å²) in [5.74, 6) is 0.466. The summed E-state index contributed by atoms with van der Waals surface area (Å²) < 4.78 is 0. The lowest BCUT2D eigenvalue weighted by Crippen LogP contribution is -2.27. The Hall–Kier alpha value is -2.24. The highest BCUT2D eigenvalue weighted by molar-refractivity contribution is 5.94. The van der Waals surface area contributed by atoms with E-state index in [0.29, 0.717) is 11.4 Å². The molecule has 0 spiro atoms. The Morgan fingerprint density at radius 3 is 2.81 bits per heavy atom. The highest BCUT2D eigenvalue weighted by Crippen LogP contribution is 2.06. The van der Waals surface area contributed by atoms with E-state index in [2.05, 4.69) is 25.5 Å². The molecule has 2 N–H and O–H groups in total. The number of H-pyrrole nitrogens is 1. The topological polar surface area (TPSA) is 83.6 Å². The number of nitrogens with zero attached hydrogens (tertiary/aromatic N) is 3. The Labute approximate surface area is 92.1 Å². The maximum atomic E-state index is 11.7. The predicted molar refractivity (Wildman–Crippen MR) is 56.5 cm³/mol. The second-order valence-corrected chi connectivity index (χ2v) is 3.30. The van der Waals surface area contributed by atoms with Crippen molar-refractivity contribution in [2.45, 2.75) is 13.0 Å². The first-order valence-corrected chi connectivity index (χ1v) is 4.83. The van der Waals surface area contributed by atoms with Crippen LogP contribution in [0.3, 0.4) is 0 Å². The van der Waals surface area contributed by atoms with Crippen LogP contribution in [-0.2, 0) is 0 Å². The zero-order valence-electron chi connectivity index (χ0n) is 8.71. The second-order valence-electron chi connectivity index (χ2n) is 3.30. The van der Waals surface area contributed by atoms with Crippen molar-refractivity contribution >= 4 is 5.91 Å². The molecule has 16 heavy (non-hydrogen) atoms. The van der Waals surface area contributed by atoms with Gasteiger partial charge in [0, 0.05) is 18.0 Å². The molecule has 2 heterocycles. The van der Waals surface area contributed by atoms with Gasteiger partial charge in [0.1, 0.15) is 12.2 Å². The first kappa shape index (κ1) is 10.3. The molecule has 2 aromatic rings. The molecule has 0 fully saturated rings. The lowest BCUT2D eigenvalue weighted by atomic mass is 10.2. The van der Waals surface area contributed by atoms with Gasteiger partial charge in [-0.2, -0.15) is 5.10 Å². The Balaban J connectivity index is 2.03. The molecule has 82 valence electrons. The zero-order chi connectivity index (χ0) is 11.4. The average molecular weight is 217 g/mol. The average Bonchev–Trinajstić information content (AvgIpc) is 2.83. The van der Waals surface area contributed by atoms with Gasteiger partial charge in [-0.25, -0.2) is 4.98 Å². The van der Waals surface area contributed by atoms with E-state index in [0.717, 1.165) is 0 Å².